The Bertz CT molecular complexity index is 283. The molecule has 0 radical (unpaired) electrons. The normalized spacial score (nSPS) is 19.2. The maximum atomic E-state index is 11.9. The summed E-state index contributed by atoms with van der Waals surface area (Å²) in [5.41, 5.74) is -0.271. The van der Waals surface area contributed by atoms with E-state index in [1.807, 2.05) is 11.8 Å². The van der Waals surface area contributed by atoms with Crippen LogP contribution in [0.15, 0.2) is 0 Å². The molecular weight excluding hydrogens is 262 g/mol. The molecule has 1 amide bonds. The Kier molecular flexibility index (Phi) is 6.63. The summed E-state index contributed by atoms with van der Waals surface area (Å²) in [5, 5.41) is 11.9. The summed E-state index contributed by atoms with van der Waals surface area (Å²) in [6.07, 6.45) is 2.40. The van der Waals surface area contributed by atoms with E-state index >= 15 is 0 Å². The van der Waals surface area contributed by atoms with Gasteiger partial charge in [0.15, 0.2) is 0 Å². The first-order valence-corrected chi connectivity index (χ1v) is 8.12. The van der Waals surface area contributed by atoms with E-state index in [9.17, 15) is 4.79 Å². The summed E-state index contributed by atoms with van der Waals surface area (Å²) in [6, 6.07) is 0. The molecule has 1 heterocycles. The molecule has 1 aliphatic rings. The van der Waals surface area contributed by atoms with Crippen molar-refractivity contribution < 1.29 is 14.6 Å². The van der Waals surface area contributed by atoms with Gasteiger partial charge in [-0.2, -0.15) is 11.8 Å². The molecule has 4 nitrogen and oxygen atoms in total. The van der Waals surface area contributed by atoms with Crippen molar-refractivity contribution in [2.45, 2.75) is 45.6 Å². The smallest absolute Gasteiger partial charge is 0.220 e. The van der Waals surface area contributed by atoms with Crippen LogP contribution >= 0.6 is 11.8 Å². The minimum absolute atomic E-state index is 0.00557. The SMILES string of the molecule is CC(C)(C)CC(=O)NCC1(OCCO)CCSCC1. The van der Waals surface area contributed by atoms with E-state index in [4.69, 9.17) is 9.84 Å². The number of ether oxygens (including phenoxy) is 1. The first-order valence-electron chi connectivity index (χ1n) is 6.96. The Hall–Kier alpha value is -0.260. The maximum absolute atomic E-state index is 11.9. The largest absolute Gasteiger partial charge is 0.394 e. The zero-order valence-corrected chi connectivity index (χ0v) is 13.1. The zero-order chi connectivity index (χ0) is 14.4. The quantitative estimate of drug-likeness (QED) is 0.783. The van der Waals surface area contributed by atoms with Crippen molar-refractivity contribution in [2.75, 3.05) is 31.3 Å². The van der Waals surface area contributed by atoms with Gasteiger partial charge in [-0.05, 0) is 29.8 Å². The van der Waals surface area contributed by atoms with Crippen molar-refractivity contribution in [3.63, 3.8) is 0 Å². The first kappa shape index (κ1) is 16.8. The van der Waals surface area contributed by atoms with Gasteiger partial charge in [0.25, 0.3) is 0 Å². The average molecular weight is 289 g/mol. The van der Waals surface area contributed by atoms with Gasteiger partial charge in [0.05, 0.1) is 18.8 Å². The maximum Gasteiger partial charge on any atom is 0.220 e. The first-order chi connectivity index (χ1) is 8.87. The third kappa shape index (κ3) is 6.63. The fraction of sp³-hybridized carbons (Fsp3) is 0.929. The predicted molar refractivity (Wildman–Crippen MR) is 79.4 cm³/mol. The van der Waals surface area contributed by atoms with Gasteiger partial charge in [0, 0.05) is 13.0 Å². The van der Waals surface area contributed by atoms with E-state index in [2.05, 4.69) is 26.1 Å². The lowest BCUT2D eigenvalue weighted by Gasteiger charge is -2.37. The van der Waals surface area contributed by atoms with Crippen LogP contribution in [0.5, 0.6) is 0 Å². The third-order valence-corrected chi connectivity index (χ3v) is 4.19. The lowest BCUT2D eigenvalue weighted by molar-refractivity contribution is -0.125. The van der Waals surface area contributed by atoms with Crippen LogP contribution in [0.4, 0.5) is 0 Å². The molecule has 0 spiro atoms. The van der Waals surface area contributed by atoms with Gasteiger partial charge >= 0.3 is 0 Å². The Balaban J connectivity index is 2.46. The van der Waals surface area contributed by atoms with Gasteiger partial charge < -0.3 is 15.2 Å². The van der Waals surface area contributed by atoms with Crippen LogP contribution < -0.4 is 5.32 Å². The molecule has 0 aliphatic carbocycles. The van der Waals surface area contributed by atoms with E-state index in [-0.39, 0.29) is 23.5 Å². The fourth-order valence-electron chi connectivity index (χ4n) is 2.18. The van der Waals surface area contributed by atoms with Gasteiger partial charge in [-0.25, -0.2) is 0 Å². The van der Waals surface area contributed by atoms with Gasteiger partial charge in [0.2, 0.25) is 5.91 Å². The minimum atomic E-state index is -0.276. The van der Waals surface area contributed by atoms with E-state index < -0.39 is 0 Å². The number of carbonyl (C=O) groups excluding carboxylic acids is 1. The standard InChI is InChI=1S/C14H27NO3S/c1-13(2,3)10-12(17)15-11-14(18-7-6-16)4-8-19-9-5-14/h16H,4-11H2,1-3H3,(H,15,17). The van der Waals surface area contributed by atoms with Crippen molar-refractivity contribution >= 4 is 17.7 Å². The lowest BCUT2D eigenvalue weighted by atomic mass is 9.91. The number of amides is 1. The predicted octanol–water partition coefficient (Wildman–Crippen LogP) is 1.81. The molecule has 1 fully saturated rings. The summed E-state index contributed by atoms with van der Waals surface area (Å²) in [5.74, 6) is 2.19. The van der Waals surface area contributed by atoms with Gasteiger partial charge in [-0.3, -0.25) is 4.79 Å². The zero-order valence-electron chi connectivity index (χ0n) is 12.3. The number of thioether (sulfide) groups is 1. The Labute approximate surface area is 120 Å². The Morgan fingerprint density at radius 2 is 2.00 bits per heavy atom. The lowest BCUT2D eigenvalue weighted by Crippen LogP contribution is -2.48. The molecule has 0 aromatic heterocycles. The molecule has 0 aromatic carbocycles. The van der Waals surface area contributed by atoms with Crippen LogP contribution in [-0.2, 0) is 9.53 Å². The molecule has 0 atom stereocenters. The summed E-state index contributed by atoms with van der Waals surface area (Å²) < 4.78 is 5.82. The molecule has 112 valence electrons. The van der Waals surface area contributed by atoms with Crippen LogP contribution in [0.2, 0.25) is 0 Å². The van der Waals surface area contributed by atoms with Crippen molar-refractivity contribution in [3.8, 4) is 0 Å². The molecule has 0 bridgehead atoms. The van der Waals surface area contributed by atoms with Crippen molar-refractivity contribution in [1.82, 2.24) is 5.32 Å². The van der Waals surface area contributed by atoms with Crippen LogP contribution in [0, 0.1) is 5.41 Å². The molecule has 0 aromatic rings. The average Bonchev–Trinajstić information content (AvgIpc) is 2.33. The molecule has 2 N–H and O–H groups in total. The molecule has 0 unspecified atom stereocenters. The van der Waals surface area contributed by atoms with Crippen LogP contribution in [0.3, 0.4) is 0 Å². The molecule has 19 heavy (non-hydrogen) atoms. The van der Waals surface area contributed by atoms with Crippen molar-refractivity contribution in [1.29, 1.82) is 0 Å². The van der Waals surface area contributed by atoms with Crippen LogP contribution in [0.1, 0.15) is 40.0 Å². The second-order valence-electron chi connectivity index (χ2n) is 6.38. The summed E-state index contributed by atoms with van der Waals surface area (Å²) >= 11 is 1.92. The number of nitrogens with one attached hydrogen (secondary N) is 1. The molecule has 0 saturated carbocycles. The van der Waals surface area contributed by atoms with Gasteiger partial charge in [-0.15, -0.1) is 0 Å². The number of aliphatic hydroxyl groups is 1. The second-order valence-corrected chi connectivity index (χ2v) is 7.61. The summed E-state index contributed by atoms with van der Waals surface area (Å²) in [6.45, 7) is 7.11. The molecule has 1 rings (SSSR count). The highest BCUT2D eigenvalue weighted by Gasteiger charge is 2.33. The number of carbonyl (C=O) groups is 1. The number of rotatable bonds is 6. The minimum Gasteiger partial charge on any atom is -0.394 e. The number of hydrogen-bond donors (Lipinski definition) is 2. The summed E-state index contributed by atoms with van der Waals surface area (Å²) in [7, 11) is 0. The highest BCUT2D eigenvalue weighted by Crippen LogP contribution is 2.30. The highest BCUT2D eigenvalue weighted by atomic mass is 32.2. The molecule has 5 heteroatoms. The molecule has 1 saturated heterocycles. The Morgan fingerprint density at radius 3 is 2.53 bits per heavy atom. The Morgan fingerprint density at radius 1 is 1.37 bits per heavy atom. The topological polar surface area (TPSA) is 58.6 Å². The highest BCUT2D eigenvalue weighted by molar-refractivity contribution is 7.99. The molecule has 1 aliphatic heterocycles. The van der Waals surface area contributed by atoms with Crippen LogP contribution in [0.25, 0.3) is 0 Å². The monoisotopic (exact) mass is 289 g/mol. The fourth-order valence-corrected chi connectivity index (χ4v) is 3.42. The second kappa shape index (κ2) is 7.50. The number of aliphatic hydroxyl groups excluding tert-OH is 1. The molecular formula is C14H27NO3S. The van der Waals surface area contributed by atoms with E-state index in [0.717, 1.165) is 24.3 Å². The van der Waals surface area contributed by atoms with E-state index in [1.165, 1.54) is 0 Å². The van der Waals surface area contributed by atoms with Crippen molar-refractivity contribution in [3.05, 3.63) is 0 Å². The van der Waals surface area contributed by atoms with E-state index in [0.29, 0.717) is 19.6 Å². The van der Waals surface area contributed by atoms with Crippen LogP contribution in [-0.4, -0.2) is 47.9 Å². The van der Waals surface area contributed by atoms with Gasteiger partial charge in [-0.1, -0.05) is 20.8 Å². The third-order valence-electron chi connectivity index (χ3n) is 3.20. The summed E-state index contributed by atoms with van der Waals surface area (Å²) in [4.78, 5) is 11.9. The van der Waals surface area contributed by atoms with Crippen molar-refractivity contribution in [2.24, 2.45) is 5.41 Å². The van der Waals surface area contributed by atoms with E-state index in [1.54, 1.807) is 0 Å². The number of hydrogen-bond acceptors (Lipinski definition) is 4. The van der Waals surface area contributed by atoms with Gasteiger partial charge in [0.1, 0.15) is 0 Å².